The summed E-state index contributed by atoms with van der Waals surface area (Å²) in [5.41, 5.74) is 0.987. The smallest absolute Gasteiger partial charge is 0.310 e. The Kier molecular flexibility index (Phi) is 7.86. The van der Waals surface area contributed by atoms with E-state index >= 15 is 0 Å². The summed E-state index contributed by atoms with van der Waals surface area (Å²) in [4.78, 5) is 45.2. The average Bonchev–Trinajstić information content (AvgIpc) is 3.44. The first kappa shape index (κ1) is 26.7. The molecule has 0 radical (unpaired) electrons. The molecule has 36 heavy (non-hydrogen) atoms. The number of likely N-dealkylation sites (tertiary alicyclic amines) is 1. The second-order valence-electron chi connectivity index (χ2n) is 10.5. The lowest BCUT2D eigenvalue weighted by Crippen LogP contribution is -2.59. The van der Waals surface area contributed by atoms with E-state index in [2.05, 4.69) is 13.5 Å². The largest absolute Gasteiger partial charge is 0.466 e. The van der Waals surface area contributed by atoms with Gasteiger partial charge >= 0.3 is 5.97 Å². The number of ether oxygens (including phenoxy) is 1. The molecule has 8 heteroatoms. The zero-order valence-electron chi connectivity index (χ0n) is 21.6. The second-order valence-corrected chi connectivity index (χ2v) is 12.1. The van der Waals surface area contributed by atoms with Crippen LogP contribution in [0.15, 0.2) is 43.0 Å². The zero-order chi connectivity index (χ0) is 26.2. The Morgan fingerprint density at radius 1 is 1.33 bits per heavy atom. The Hall–Kier alpha value is -2.32. The molecule has 0 aliphatic carbocycles. The van der Waals surface area contributed by atoms with Gasteiger partial charge in [-0.2, -0.15) is 0 Å². The SMILES string of the molecule is C=CCN(Cc1ccccc1)C(=O)C1N([C@@H](CO)C(C)C)C(=O)[C@@H]2[C@@H](C(=O)OCC)[C@H]3CC(C)C12S3. The number of carbonyl (C=O) groups is 3. The number of hydrogen-bond donors (Lipinski definition) is 1. The molecule has 196 valence electrons. The maximum absolute atomic E-state index is 14.5. The molecule has 4 rings (SSSR count). The zero-order valence-corrected chi connectivity index (χ0v) is 22.4. The molecular weight excluding hydrogens is 476 g/mol. The first-order chi connectivity index (χ1) is 17.2. The van der Waals surface area contributed by atoms with Crippen LogP contribution >= 0.6 is 11.8 Å². The van der Waals surface area contributed by atoms with E-state index in [0.29, 0.717) is 13.1 Å². The van der Waals surface area contributed by atoms with Crippen molar-refractivity contribution in [3.05, 3.63) is 48.6 Å². The standard InChI is InChI=1S/C28H38N2O5S/c1-6-13-29(15-19-11-9-8-10-12-19)26(33)24-28-18(5)14-21(36-28)22(27(34)35-7-2)23(28)25(32)30(24)20(16-31)17(3)4/h6,8-12,17-18,20-24,31H,1,7,13-16H2,2-5H3/t18?,20-,21+,22-,23-,24?,28?/m0/s1. The van der Waals surface area contributed by atoms with Crippen LogP contribution in [0.3, 0.4) is 0 Å². The lowest BCUT2D eigenvalue weighted by molar-refractivity contribution is -0.154. The van der Waals surface area contributed by atoms with Gasteiger partial charge in [0.25, 0.3) is 0 Å². The summed E-state index contributed by atoms with van der Waals surface area (Å²) in [5, 5.41) is 10.3. The van der Waals surface area contributed by atoms with E-state index in [1.807, 2.05) is 44.2 Å². The van der Waals surface area contributed by atoms with Gasteiger partial charge < -0.3 is 19.6 Å². The van der Waals surface area contributed by atoms with Crippen molar-refractivity contribution < 1.29 is 24.2 Å². The predicted octanol–water partition coefficient (Wildman–Crippen LogP) is 3.12. The van der Waals surface area contributed by atoms with Crippen molar-refractivity contribution in [1.29, 1.82) is 0 Å². The van der Waals surface area contributed by atoms with Crippen LogP contribution in [0.2, 0.25) is 0 Å². The molecule has 3 aliphatic rings. The number of esters is 1. The highest BCUT2D eigenvalue weighted by molar-refractivity contribution is 8.02. The number of aliphatic hydroxyl groups excluding tert-OH is 1. The number of benzene rings is 1. The monoisotopic (exact) mass is 514 g/mol. The van der Waals surface area contributed by atoms with Crippen molar-refractivity contribution in [2.75, 3.05) is 19.8 Å². The maximum atomic E-state index is 14.5. The molecule has 2 amide bonds. The normalized spacial score (nSPS) is 31.4. The van der Waals surface area contributed by atoms with Crippen LogP contribution < -0.4 is 0 Å². The van der Waals surface area contributed by atoms with Gasteiger partial charge in [0.2, 0.25) is 11.8 Å². The minimum absolute atomic E-state index is 0.0555. The predicted molar refractivity (Wildman–Crippen MR) is 140 cm³/mol. The van der Waals surface area contributed by atoms with Crippen molar-refractivity contribution in [1.82, 2.24) is 9.80 Å². The van der Waals surface area contributed by atoms with Crippen LogP contribution in [-0.2, 0) is 25.7 Å². The van der Waals surface area contributed by atoms with Gasteiger partial charge in [0, 0.05) is 18.3 Å². The first-order valence-electron chi connectivity index (χ1n) is 12.9. The summed E-state index contributed by atoms with van der Waals surface area (Å²) in [6.07, 6.45) is 2.45. The second kappa shape index (κ2) is 10.6. The van der Waals surface area contributed by atoms with Crippen LogP contribution in [0.5, 0.6) is 0 Å². The van der Waals surface area contributed by atoms with E-state index in [9.17, 15) is 19.5 Å². The minimum Gasteiger partial charge on any atom is -0.466 e. The molecule has 2 bridgehead atoms. The number of nitrogens with zero attached hydrogens (tertiary/aromatic N) is 2. The van der Waals surface area contributed by atoms with Gasteiger partial charge in [-0.3, -0.25) is 14.4 Å². The molecule has 7 nitrogen and oxygen atoms in total. The molecule has 1 aromatic carbocycles. The fraction of sp³-hybridized carbons (Fsp3) is 0.607. The third kappa shape index (κ3) is 4.16. The molecular formula is C28H38N2O5S. The van der Waals surface area contributed by atoms with Gasteiger partial charge in [-0.25, -0.2) is 0 Å². The van der Waals surface area contributed by atoms with Crippen molar-refractivity contribution in [2.45, 2.75) is 62.7 Å². The third-order valence-electron chi connectivity index (χ3n) is 8.17. The topological polar surface area (TPSA) is 87.2 Å². The highest BCUT2D eigenvalue weighted by Crippen LogP contribution is 2.69. The van der Waals surface area contributed by atoms with Crippen LogP contribution in [0.4, 0.5) is 0 Å². The molecule has 3 fully saturated rings. The Labute approximate surface area is 218 Å². The van der Waals surface area contributed by atoms with Gasteiger partial charge in [-0.05, 0) is 30.7 Å². The summed E-state index contributed by atoms with van der Waals surface area (Å²) in [6.45, 7) is 12.3. The number of carbonyl (C=O) groups excluding carboxylic acids is 3. The third-order valence-corrected chi connectivity index (χ3v) is 10.2. The van der Waals surface area contributed by atoms with Crippen molar-refractivity contribution in [2.24, 2.45) is 23.7 Å². The molecule has 1 spiro atoms. The molecule has 7 atom stereocenters. The number of aliphatic hydroxyl groups is 1. The number of thioether (sulfide) groups is 1. The van der Waals surface area contributed by atoms with Gasteiger partial charge in [0.15, 0.2) is 0 Å². The van der Waals surface area contributed by atoms with Crippen LogP contribution in [-0.4, -0.2) is 74.5 Å². The van der Waals surface area contributed by atoms with E-state index in [1.165, 1.54) is 0 Å². The fourth-order valence-electron chi connectivity index (χ4n) is 6.59. The van der Waals surface area contributed by atoms with Crippen LogP contribution in [0.1, 0.15) is 39.7 Å². The van der Waals surface area contributed by atoms with Gasteiger partial charge in [0.05, 0.1) is 35.8 Å². The highest BCUT2D eigenvalue weighted by Gasteiger charge is 2.77. The summed E-state index contributed by atoms with van der Waals surface area (Å²) in [5.74, 6) is -1.94. The number of amides is 2. The highest BCUT2D eigenvalue weighted by atomic mass is 32.2. The average molecular weight is 515 g/mol. The molecule has 0 aromatic heterocycles. The Morgan fingerprint density at radius 3 is 2.61 bits per heavy atom. The lowest BCUT2D eigenvalue weighted by Gasteiger charge is -2.42. The molecule has 1 N–H and O–H groups in total. The van der Waals surface area contributed by atoms with Crippen LogP contribution in [0, 0.1) is 23.7 Å². The summed E-state index contributed by atoms with van der Waals surface area (Å²) in [6, 6.07) is 8.46. The molecule has 3 saturated heterocycles. The molecule has 0 saturated carbocycles. The summed E-state index contributed by atoms with van der Waals surface area (Å²) < 4.78 is 4.67. The van der Waals surface area contributed by atoms with Gasteiger partial charge in [-0.1, -0.05) is 57.2 Å². The Bertz CT molecular complexity index is 1000. The van der Waals surface area contributed by atoms with Crippen molar-refractivity contribution >= 4 is 29.5 Å². The van der Waals surface area contributed by atoms with E-state index in [4.69, 9.17) is 4.74 Å². The van der Waals surface area contributed by atoms with Gasteiger partial charge in [0.1, 0.15) is 6.04 Å². The Morgan fingerprint density at radius 2 is 2.03 bits per heavy atom. The van der Waals surface area contributed by atoms with Gasteiger partial charge in [-0.15, -0.1) is 18.3 Å². The van der Waals surface area contributed by atoms with Crippen LogP contribution in [0.25, 0.3) is 0 Å². The minimum atomic E-state index is -0.775. The molecule has 3 heterocycles. The van der Waals surface area contributed by atoms with Crippen molar-refractivity contribution in [3.8, 4) is 0 Å². The number of rotatable bonds is 10. The van der Waals surface area contributed by atoms with E-state index < -0.39 is 28.7 Å². The van der Waals surface area contributed by atoms with E-state index in [1.54, 1.807) is 34.6 Å². The quantitative estimate of drug-likeness (QED) is 0.381. The molecule has 1 aromatic rings. The summed E-state index contributed by atoms with van der Waals surface area (Å²) >= 11 is 1.63. The number of hydrogen-bond acceptors (Lipinski definition) is 6. The van der Waals surface area contributed by atoms with Crippen molar-refractivity contribution in [3.63, 3.8) is 0 Å². The molecule has 3 unspecified atom stereocenters. The first-order valence-corrected chi connectivity index (χ1v) is 13.8. The number of fused-ring (bicyclic) bond motifs is 1. The lowest BCUT2D eigenvalue weighted by atomic mass is 9.66. The maximum Gasteiger partial charge on any atom is 0.310 e. The summed E-state index contributed by atoms with van der Waals surface area (Å²) in [7, 11) is 0. The fourth-order valence-corrected chi connectivity index (χ4v) is 8.98. The van der Waals surface area contributed by atoms with E-state index in [-0.39, 0.29) is 48.1 Å². The van der Waals surface area contributed by atoms with E-state index in [0.717, 1.165) is 12.0 Å². The Balaban J connectivity index is 1.81. The molecule has 3 aliphatic heterocycles.